The minimum atomic E-state index is -2.72. The van der Waals surface area contributed by atoms with Gasteiger partial charge < -0.3 is 23.7 Å². The molecule has 1 N–H and O–H groups in total. The van der Waals surface area contributed by atoms with E-state index in [-0.39, 0.29) is 87.5 Å². The predicted octanol–water partition coefficient (Wildman–Crippen LogP) is 16.9. The number of pyridine rings is 2. The Morgan fingerprint density at radius 3 is 1.37 bits per heavy atom. The predicted molar refractivity (Wildman–Crippen MR) is 331 cm³/mol. The van der Waals surface area contributed by atoms with Crippen molar-refractivity contribution in [2.24, 2.45) is 0 Å². The number of piperidine rings is 2. The molecule has 0 spiro atoms. The number of ketones is 1. The van der Waals surface area contributed by atoms with Crippen LogP contribution >= 0.6 is 0 Å². The van der Waals surface area contributed by atoms with E-state index in [0.29, 0.717) is 45.6 Å². The van der Waals surface area contributed by atoms with Crippen molar-refractivity contribution in [3.05, 3.63) is 240 Å². The maximum Gasteiger partial charge on any atom is 0.328 e. The van der Waals surface area contributed by atoms with Crippen LogP contribution in [0.25, 0.3) is 78.6 Å². The van der Waals surface area contributed by atoms with E-state index in [1.165, 1.54) is 46.2 Å². The first-order chi connectivity index (χ1) is 42.9. The van der Waals surface area contributed by atoms with Crippen LogP contribution in [-0.4, -0.2) is 86.5 Å². The molecule has 0 unspecified atom stereocenters. The number of halogens is 6. The molecule has 2 amide bonds. The Hall–Kier alpha value is -10.2. The molecular formula is C72H60F6N4O7. The minimum absolute atomic E-state index is 0.0243. The van der Waals surface area contributed by atoms with Gasteiger partial charge >= 0.3 is 5.97 Å². The van der Waals surface area contributed by atoms with Crippen LogP contribution in [-0.2, 0) is 22.4 Å². The largest absolute Gasteiger partial charge is 0.478 e. The lowest BCUT2D eigenvalue weighted by Crippen LogP contribution is -2.42. The number of rotatable bonds is 14. The molecular weight excluding hydrogens is 1150 g/mol. The molecule has 4 aromatic heterocycles. The molecule has 0 saturated carbocycles. The molecule has 0 bridgehead atoms. The van der Waals surface area contributed by atoms with Gasteiger partial charge in [-0.05, 0) is 160 Å². The average Bonchev–Trinajstić information content (AvgIpc) is 1.78. The summed E-state index contributed by atoms with van der Waals surface area (Å²) in [6, 6.07) is 45.8. The molecule has 452 valence electrons. The van der Waals surface area contributed by atoms with E-state index < -0.39 is 17.8 Å². The van der Waals surface area contributed by atoms with Gasteiger partial charge in [-0.3, -0.25) is 24.4 Å². The van der Waals surface area contributed by atoms with Gasteiger partial charge in [0.1, 0.15) is 34.3 Å². The van der Waals surface area contributed by atoms with Gasteiger partial charge in [0.15, 0.2) is 5.78 Å². The summed E-state index contributed by atoms with van der Waals surface area (Å²) in [5.74, 6) is -6.14. The molecule has 0 aliphatic carbocycles. The zero-order chi connectivity index (χ0) is 62.7. The number of likely N-dealkylation sites (tertiary alicyclic amines) is 2. The fraction of sp³-hybridized carbons (Fsp3) is 0.194. The number of hydrogen-bond acceptors (Lipinski definition) is 8. The fourth-order valence-electron chi connectivity index (χ4n) is 10.5. The highest BCUT2D eigenvalue weighted by Crippen LogP contribution is 2.39. The Bertz CT molecular complexity index is 4200. The van der Waals surface area contributed by atoms with Crippen molar-refractivity contribution in [3.63, 3.8) is 0 Å². The van der Waals surface area contributed by atoms with Crippen molar-refractivity contribution in [2.45, 2.75) is 63.7 Å². The van der Waals surface area contributed by atoms with Gasteiger partial charge in [-0.2, -0.15) is 0 Å². The normalized spacial score (nSPS) is 14.5. The first-order valence-corrected chi connectivity index (χ1v) is 29.0. The van der Waals surface area contributed by atoms with Crippen LogP contribution in [0.2, 0.25) is 0 Å². The van der Waals surface area contributed by atoms with Crippen LogP contribution in [0, 0.1) is 11.6 Å². The summed E-state index contributed by atoms with van der Waals surface area (Å²) in [6.45, 7) is 2.18. The third-order valence-corrected chi connectivity index (χ3v) is 15.3. The van der Waals surface area contributed by atoms with Gasteiger partial charge in [-0.1, -0.05) is 67.6 Å². The van der Waals surface area contributed by atoms with Gasteiger partial charge in [0, 0.05) is 135 Å². The van der Waals surface area contributed by atoms with Gasteiger partial charge in [-0.15, -0.1) is 0 Å². The molecule has 2 fully saturated rings. The molecule has 0 atom stereocenters. The number of aliphatic carboxylic acids is 1. The molecule has 17 heteroatoms. The number of amides is 2. The van der Waals surface area contributed by atoms with E-state index in [0.717, 1.165) is 73.5 Å². The summed E-state index contributed by atoms with van der Waals surface area (Å²) in [6.07, 6.45) is 12.5. The number of carboxylic acid groups (broad SMARTS) is 1. The van der Waals surface area contributed by atoms with Gasteiger partial charge in [-0.25, -0.2) is 31.1 Å². The van der Waals surface area contributed by atoms with E-state index in [9.17, 15) is 45.5 Å². The summed E-state index contributed by atoms with van der Waals surface area (Å²) >= 11 is 0. The second-order valence-corrected chi connectivity index (χ2v) is 21.7. The highest BCUT2D eigenvalue weighted by atomic mass is 19.3. The van der Waals surface area contributed by atoms with Crippen molar-refractivity contribution in [1.29, 1.82) is 0 Å². The quantitative estimate of drug-likeness (QED) is 0.0830. The van der Waals surface area contributed by atoms with Crippen LogP contribution in [0.3, 0.4) is 0 Å². The topological polar surface area (TPSA) is 147 Å². The van der Waals surface area contributed by atoms with Crippen LogP contribution in [0.5, 0.6) is 0 Å². The van der Waals surface area contributed by atoms with Crippen LogP contribution in [0.4, 0.5) is 26.3 Å². The third kappa shape index (κ3) is 16.1. The second-order valence-electron chi connectivity index (χ2n) is 21.7. The number of carboxylic acids is 1. The number of benzene rings is 6. The van der Waals surface area contributed by atoms with Gasteiger partial charge in [0.2, 0.25) is 0 Å². The van der Waals surface area contributed by atoms with Crippen LogP contribution < -0.4 is 0 Å². The second kappa shape index (κ2) is 27.7. The molecule has 0 radical (unpaired) electrons. The maximum absolute atomic E-state index is 14.2. The zero-order valence-electron chi connectivity index (χ0n) is 48.4. The van der Waals surface area contributed by atoms with Gasteiger partial charge in [0.25, 0.3) is 23.7 Å². The first-order valence-electron chi connectivity index (χ1n) is 29.0. The van der Waals surface area contributed by atoms with E-state index in [1.807, 2.05) is 79.7 Å². The Labute approximate surface area is 509 Å². The number of allylic oxidation sites excluding steroid dienone is 1. The lowest BCUT2D eigenvalue weighted by atomic mass is 9.96. The number of carbonyl (C=O) groups is 4. The maximum atomic E-state index is 14.2. The first kappa shape index (κ1) is 61.9. The van der Waals surface area contributed by atoms with E-state index >= 15 is 0 Å². The summed E-state index contributed by atoms with van der Waals surface area (Å²) in [5.41, 5.74) is 10.1. The summed E-state index contributed by atoms with van der Waals surface area (Å²) in [7, 11) is 0. The number of nitrogens with zero attached hydrogens (tertiary/aromatic N) is 4. The SMILES string of the molecule is CCc1cc2cc(-c3ccc(C(=O)N4CCC(F)(F)CC4)cc3)cc(-c3cccc(F)c3)c2o1.O=C(/C=C/c1cccnc1)CCc1cc2cc(-c3ccc(C(=O)N4CCC(F)(F)CC4)cc3)cc(-c3cccc(F)c3)c2o1.O=C(O)/C=C/c1cccnc1. The Kier molecular flexibility index (Phi) is 19.3. The fourth-order valence-corrected chi connectivity index (χ4v) is 10.5. The third-order valence-electron chi connectivity index (χ3n) is 15.3. The highest BCUT2D eigenvalue weighted by molar-refractivity contribution is 6.00. The van der Waals surface area contributed by atoms with Crippen molar-refractivity contribution < 1.29 is 59.5 Å². The summed E-state index contributed by atoms with van der Waals surface area (Å²) in [5, 5.41) is 9.98. The Morgan fingerprint density at radius 1 is 0.517 bits per heavy atom. The number of aryl methyl sites for hydroxylation is 2. The zero-order valence-corrected chi connectivity index (χ0v) is 48.4. The molecule has 11 nitrogen and oxygen atoms in total. The van der Waals surface area contributed by atoms with E-state index in [2.05, 4.69) is 9.97 Å². The molecule has 6 heterocycles. The Morgan fingerprint density at radius 2 is 0.955 bits per heavy atom. The minimum Gasteiger partial charge on any atom is -0.478 e. The molecule has 6 aromatic carbocycles. The number of furan rings is 2. The number of aromatic nitrogens is 2. The molecule has 89 heavy (non-hydrogen) atoms. The number of carbonyl (C=O) groups excluding carboxylic acids is 3. The summed E-state index contributed by atoms with van der Waals surface area (Å²) < 4.78 is 94.4. The monoisotopic (exact) mass is 1210 g/mol. The van der Waals surface area contributed by atoms with Crippen molar-refractivity contribution in [3.8, 4) is 44.5 Å². The molecule has 2 aliphatic rings. The van der Waals surface area contributed by atoms with Crippen LogP contribution in [0.1, 0.15) is 82.4 Å². The highest BCUT2D eigenvalue weighted by Gasteiger charge is 2.37. The van der Waals surface area contributed by atoms with Crippen molar-refractivity contribution in [2.75, 3.05) is 26.2 Å². The van der Waals surface area contributed by atoms with Crippen LogP contribution in [0.15, 0.2) is 203 Å². The Balaban J connectivity index is 0.000000171. The smallest absolute Gasteiger partial charge is 0.328 e. The lowest BCUT2D eigenvalue weighted by molar-refractivity contribution is -0.131. The lowest BCUT2D eigenvalue weighted by Gasteiger charge is -2.31. The van der Waals surface area contributed by atoms with E-state index in [4.69, 9.17) is 13.9 Å². The molecule has 2 saturated heterocycles. The average molecular weight is 1210 g/mol. The molecule has 12 rings (SSSR count). The molecule has 2 aliphatic heterocycles. The van der Waals surface area contributed by atoms with Crippen molar-refractivity contribution in [1.82, 2.24) is 19.8 Å². The summed E-state index contributed by atoms with van der Waals surface area (Å²) in [4.78, 5) is 59.1. The standard InChI is InChI=1S/C36H29F3N2O3.C28H24F3NO2.C8H7NO2/c37-30-5-1-4-27(20-30)33-22-28(25-7-9-26(10-8-25)35(43)41-17-14-36(38,39)15-18-41)19-29-21-32(44-34(29)33)13-12-31(42)11-6-24-3-2-16-40-23-24;1-2-24-16-22-14-21(17-25(26(22)34-24)20-4-3-5-23(29)15-20)18-6-8-19(9-7-18)27(33)32-12-10-28(30,31)11-13-32;10-8(11)4-3-7-2-1-5-9-6-7/h1-11,16,19-23H,12-15,17-18H2;3-9,14-17H,2,10-13H2,1H3;1-6H,(H,10,11)/b11-6+;;4-3+. The van der Waals surface area contributed by atoms with Gasteiger partial charge in [0.05, 0.1) is 0 Å². The van der Waals surface area contributed by atoms with Crippen molar-refractivity contribution >= 4 is 57.7 Å². The number of alkyl halides is 4. The number of fused-ring (bicyclic) bond motifs is 2. The van der Waals surface area contributed by atoms with E-state index in [1.54, 1.807) is 91.5 Å². The number of hydrogen-bond donors (Lipinski definition) is 1. The molecule has 10 aromatic rings.